The Kier molecular flexibility index (Phi) is 5.41. The molecule has 5 heteroatoms. The number of hydrogen-bond acceptors (Lipinski definition) is 3. The Balaban J connectivity index is 1.67. The molecule has 0 saturated carbocycles. The molecule has 0 bridgehead atoms. The summed E-state index contributed by atoms with van der Waals surface area (Å²) >= 11 is 6.18. The first kappa shape index (κ1) is 17.1. The fourth-order valence-electron chi connectivity index (χ4n) is 2.49. The van der Waals surface area contributed by atoms with Gasteiger partial charge in [0.15, 0.2) is 5.76 Å². The molecule has 2 aromatic carbocycles. The summed E-state index contributed by atoms with van der Waals surface area (Å²) in [6.07, 6.45) is 1.48. The van der Waals surface area contributed by atoms with Crippen LogP contribution >= 0.6 is 11.6 Å². The molecule has 0 aliphatic rings. The summed E-state index contributed by atoms with van der Waals surface area (Å²) in [5.41, 5.74) is 1.54. The molecule has 0 fully saturated rings. The zero-order valence-corrected chi connectivity index (χ0v) is 14.5. The summed E-state index contributed by atoms with van der Waals surface area (Å²) in [6.45, 7) is 2.13. The van der Waals surface area contributed by atoms with Crippen molar-refractivity contribution in [1.82, 2.24) is 5.32 Å². The first-order valence-corrected chi connectivity index (χ1v) is 8.32. The van der Waals surface area contributed by atoms with E-state index in [1.165, 1.54) is 6.26 Å². The van der Waals surface area contributed by atoms with E-state index in [4.69, 9.17) is 20.8 Å². The minimum atomic E-state index is -0.302. The molecule has 1 N–H and O–H groups in total. The lowest BCUT2D eigenvalue weighted by Crippen LogP contribution is -2.27. The molecule has 1 heterocycles. The van der Waals surface area contributed by atoms with Crippen molar-refractivity contribution in [1.29, 1.82) is 0 Å². The van der Waals surface area contributed by atoms with Crippen LogP contribution in [0.15, 0.2) is 71.3 Å². The van der Waals surface area contributed by atoms with E-state index in [-0.39, 0.29) is 24.3 Å². The van der Waals surface area contributed by atoms with Gasteiger partial charge in [0.2, 0.25) is 0 Å². The van der Waals surface area contributed by atoms with E-state index in [9.17, 15) is 4.79 Å². The van der Waals surface area contributed by atoms with Crippen molar-refractivity contribution in [3.63, 3.8) is 0 Å². The number of carbonyl (C=O) groups excluding carboxylic acids is 1. The van der Waals surface area contributed by atoms with Gasteiger partial charge < -0.3 is 14.5 Å². The fraction of sp³-hybridized carbons (Fsp3) is 0.150. The molecule has 3 rings (SSSR count). The number of nitrogens with one attached hydrogen (secondary N) is 1. The van der Waals surface area contributed by atoms with Crippen LogP contribution in [-0.4, -0.2) is 5.91 Å². The van der Waals surface area contributed by atoms with Crippen molar-refractivity contribution in [2.75, 3.05) is 0 Å². The summed E-state index contributed by atoms with van der Waals surface area (Å²) in [5.74, 6) is 0.679. The van der Waals surface area contributed by atoms with E-state index in [2.05, 4.69) is 5.32 Å². The second-order valence-electron chi connectivity index (χ2n) is 5.59. The lowest BCUT2D eigenvalue weighted by molar-refractivity contribution is 0.0908. The number of rotatable bonds is 6. The molecule has 0 spiro atoms. The number of hydrogen-bond donors (Lipinski definition) is 1. The van der Waals surface area contributed by atoms with Gasteiger partial charge in [-0.05, 0) is 36.8 Å². The van der Waals surface area contributed by atoms with Crippen LogP contribution in [0.4, 0.5) is 0 Å². The average Bonchev–Trinajstić information content (AvgIpc) is 3.10. The van der Waals surface area contributed by atoms with Crippen molar-refractivity contribution in [2.45, 2.75) is 19.6 Å². The Labute approximate surface area is 151 Å². The summed E-state index contributed by atoms with van der Waals surface area (Å²) < 4.78 is 11.0. The SMILES string of the molecule is CC(NC(=O)c1occc1COc1ccccc1)c1ccccc1Cl. The van der Waals surface area contributed by atoms with Gasteiger partial charge in [0.05, 0.1) is 12.3 Å². The second-order valence-corrected chi connectivity index (χ2v) is 6.00. The van der Waals surface area contributed by atoms with Gasteiger partial charge in [-0.3, -0.25) is 4.79 Å². The van der Waals surface area contributed by atoms with Gasteiger partial charge in [-0.2, -0.15) is 0 Å². The molecule has 0 aliphatic heterocycles. The maximum absolute atomic E-state index is 12.5. The number of furan rings is 1. The molecule has 128 valence electrons. The average molecular weight is 356 g/mol. The predicted octanol–water partition coefficient (Wildman–Crippen LogP) is 5.00. The molecule has 1 atom stereocenters. The van der Waals surface area contributed by atoms with Gasteiger partial charge in [0, 0.05) is 10.6 Å². The number of carbonyl (C=O) groups is 1. The Morgan fingerprint density at radius 1 is 1.12 bits per heavy atom. The van der Waals surface area contributed by atoms with E-state index < -0.39 is 0 Å². The quantitative estimate of drug-likeness (QED) is 0.676. The zero-order chi connectivity index (χ0) is 17.6. The molecule has 0 radical (unpaired) electrons. The van der Waals surface area contributed by atoms with Gasteiger partial charge >= 0.3 is 0 Å². The molecule has 1 amide bonds. The largest absolute Gasteiger partial charge is 0.489 e. The molecule has 0 saturated heterocycles. The van der Waals surface area contributed by atoms with Crippen LogP contribution in [-0.2, 0) is 6.61 Å². The van der Waals surface area contributed by atoms with Crippen molar-refractivity contribution in [3.05, 3.63) is 88.8 Å². The van der Waals surface area contributed by atoms with E-state index in [0.29, 0.717) is 10.6 Å². The molecular weight excluding hydrogens is 338 g/mol. The van der Waals surface area contributed by atoms with Crippen molar-refractivity contribution >= 4 is 17.5 Å². The molecule has 1 unspecified atom stereocenters. The Bertz CT molecular complexity index is 845. The third-order valence-electron chi connectivity index (χ3n) is 3.81. The maximum Gasteiger partial charge on any atom is 0.287 e. The van der Waals surface area contributed by atoms with Crippen LogP contribution < -0.4 is 10.1 Å². The Hall–Kier alpha value is -2.72. The van der Waals surface area contributed by atoms with E-state index in [1.807, 2.05) is 55.5 Å². The molecule has 4 nitrogen and oxygen atoms in total. The summed E-state index contributed by atoms with van der Waals surface area (Å²) in [7, 11) is 0. The molecular formula is C20H18ClNO3. The highest BCUT2D eigenvalue weighted by Crippen LogP contribution is 2.23. The van der Waals surface area contributed by atoms with Gasteiger partial charge in [0.25, 0.3) is 5.91 Å². The number of ether oxygens (including phenoxy) is 1. The van der Waals surface area contributed by atoms with E-state index >= 15 is 0 Å². The Morgan fingerprint density at radius 3 is 2.60 bits per heavy atom. The summed E-state index contributed by atoms with van der Waals surface area (Å²) in [4.78, 5) is 12.5. The maximum atomic E-state index is 12.5. The first-order chi connectivity index (χ1) is 12.1. The topological polar surface area (TPSA) is 51.5 Å². The first-order valence-electron chi connectivity index (χ1n) is 7.94. The highest BCUT2D eigenvalue weighted by molar-refractivity contribution is 6.31. The minimum absolute atomic E-state index is 0.241. The third kappa shape index (κ3) is 4.22. The van der Waals surface area contributed by atoms with Crippen molar-refractivity contribution < 1.29 is 13.9 Å². The monoisotopic (exact) mass is 355 g/mol. The lowest BCUT2D eigenvalue weighted by atomic mass is 10.1. The van der Waals surface area contributed by atoms with Crippen LogP contribution in [0.5, 0.6) is 5.75 Å². The van der Waals surface area contributed by atoms with E-state index in [1.54, 1.807) is 12.1 Å². The number of halogens is 1. The summed E-state index contributed by atoms with van der Waals surface area (Å²) in [5, 5.41) is 3.52. The van der Waals surface area contributed by atoms with Gasteiger partial charge in [-0.1, -0.05) is 48.0 Å². The van der Waals surface area contributed by atoms with Crippen molar-refractivity contribution in [2.24, 2.45) is 0 Å². The van der Waals surface area contributed by atoms with Gasteiger partial charge in [-0.15, -0.1) is 0 Å². The fourth-order valence-corrected chi connectivity index (χ4v) is 2.79. The molecule has 25 heavy (non-hydrogen) atoms. The number of amides is 1. The highest BCUT2D eigenvalue weighted by Gasteiger charge is 2.19. The minimum Gasteiger partial charge on any atom is -0.489 e. The van der Waals surface area contributed by atoms with Crippen LogP contribution in [0.2, 0.25) is 5.02 Å². The smallest absolute Gasteiger partial charge is 0.287 e. The highest BCUT2D eigenvalue weighted by atomic mass is 35.5. The third-order valence-corrected chi connectivity index (χ3v) is 4.15. The van der Waals surface area contributed by atoms with Gasteiger partial charge in [0.1, 0.15) is 12.4 Å². The summed E-state index contributed by atoms with van der Waals surface area (Å²) in [6, 6.07) is 18.3. The lowest BCUT2D eigenvalue weighted by Gasteiger charge is -2.15. The molecule has 1 aromatic heterocycles. The molecule has 3 aromatic rings. The van der Waals surface area contributed by atoms with Crippen LogP contribution in [0.3, 0.4) is 0 Å². The number of benzene rings is 2. The van der Waals surface area contributed by atoms with Crippen LogP contribution in [0, 0.1) is 0 Å². The van der Waals surface area contributed by atoms with Crippen molar-refractivity contribution in [3.8, 4) is 5.75 Å². The standard InChI is InChI=1S/C20H18ClNO3/c1-14(17-9-5-6-10-18(17)21)22-20(23)19-15(11-12-24-19)13-25-16-7-3-2-4-8-16/h2-12,14H,13H2,1H3,(H,22,23). The Morgan fingerprint density at radius 2 is 1.84 bits per heavy atom. The zero-order valence-electron chi connectivity index (χ0n) is 13.7. The van der Waals surface area contributed by atoms with E-state index in [0.717, 1.165) is 11.3 Å². The second kappa shape index (κ2) is 7.90. The normalized spacial score (nSPS) is 11.8. The predicted molar refractivity (Wildman–Crippen MR) is 96.8 cm³/mol. The number of para-hydroxylation sites is 1. The molecule has 0 aliphatic carbocycles. The van der Waals surface area contributed by atoms with Gasteiger partial charge in [-0.25, -0.2) is 0 Å². The van der Waals surface area contributed by atoms with Crippen LogP contribution in [0.25, 0.3) is 0 Å². The van der Waals surface area contributed by atoms with Crippen LogP contribution in [0.1, 0.15) is 34.6 Å².